The maximum Gasteiger partial charge on any atom is 0.372 e. The summed E-state index contributed by atoms with van der Waals surface area (Å²) in [5, 5.41) is 9.07. The van der Waals surface area contributed by atoms with Crippen molar-refractivity contribution >= 4 is 22.9 Å². The minimum atomic E-state index is -1.26. The van der Waals surface area contributed by atoms with E-state index < -0.39 is 11.5 Å². The Labute approximate surface area is 90.1 Å². The number of aromatic nitrogens is 2. The summed E-state index contributed by atoms with van der Waals surface area (Å²) >= 11 is 0. The molecule has 1 aromatic heterocycles. The highest BCUT2D eigenvalue weighted by molar-refractivity contribution is 5.87. The molecule has 0 fully saturated rings. The average molecular weight is 216 g/mol. The summed E-state index contributed by atoms with van der Waals surface area (Å²) in [6, 6.07) is 4.92. The van der Waals surface area contributed by atoms with Gasteiger partial charge in [-0.3, -0.25) is 4.79 Å². The van der Waals surface area contributed by atoms with Crippen LogP contribution in [0, 0.1) is 0 Å². The Kier molecular flexibility index (Phi) is 2.28. The van der Waals surface area contributed by atoms with Gasteiger partial charge in [-0.05, 0) is 17.7 Å². The quantitative estimate of drug-likeness (QED) is 0.791. The van der Waals surface area contributed by atoms with Gasteiger partial charge in [-0.25, -0.2) is 9.78 Å². The first-order valence-corrected chi connectivity index (χ1v) is 4.51. The first-order valence-electron chi connectivity index (χ1n) is 4.51. The van der Waals surface area contributed by atoms with E-state index >= 15 is 0 Å². The molecule has 1 heterocycles. The smallest absolute Gasteiger partial charge is 0.372 e. The van der Waals surface area contributed by atoms with Crippen LogP contribution in [0.5, 0.6) is 0 Å². The minimum Gasteiger partial charge on any atom is -0.475 e. The summed E-state index contributed by atoms with van der Waals surface area (Å²) < 4.78 is 0. The molecule has 5 heteroatoms. The molecule has 1 aromatic carbocycles. The molecule has 0 saturated carbocycles. The molecule has 16 heavy (non-hydrogen) atoms. The van der Waals surface area contributed by atoms with Gasteiger partial charge in [-0.1, -0.05) is 18.7 Å². The van der Waals surface area contributed by atoms with Crippen molar-refractivity contribution in [2.75, 3.05) is 0 Å². The lowest BCUT2D eigenvalue weighted by molar-refractivity contribution is 0.0683. The molecule has 0 aliphatic rings. The standard InChI is InChI=1S/C11H8N2O3/c1-2-6-3-4-8-7(5-6)10(14)13-9(12-8)11(15)16/h2-5H,1H2,(H,15,16)(H,12,13,14). The van der Waals surface area contributed by atoms with E-state index in [1.807, 2.05) is 0 Å². The molecular weight excluding hydrogens is 208 g/mol. The molecule has 0 atom stereocenters. The number of benzene rings is 1. The third-order valence-electron chi connectivity index (χ3n) is 2.17. The maximum atomic E-state index is 11.6. The van der Waals surface area contributed by atoms with Gasteiger partial charge in [-0.15, -0.1) is 0 Å². The van der Waals surface area contributed by atoms with Gasteiger partial charge in [0.05, 0.1) is 10.9 Å². The normalized spacial score (nSPS) is 10.2. The zero-order chi connectivity index (χ0) is 11.7. The molecular formula is C11H8N2O3. The monoisotopic (exact) mass is 216 g/mol. The Morgan fingerprint density at radius 1 is 1.50 bits per heavy atom. The predicted octanol–water partition coefficient (Wildman–Crippen LogP) is 1.26. The lowest BCUT2D eigenvalue weighted by Crippen LogP contribution is -2.15. The molecule has 2 N–H and O–H groups in total. The molecule has 2 aromatic rings. The zero-order valence-corrected chi connectivity index (χ0v) is 8.23. The minimum absolute atomic E-state index is 0.349. The molecule has 0 aliphatic carbocycles. The summed E-state index contributed by atoms with van der Waals surface area (Å²) in [6.07, 6.45) is 1.60. The van der Waals surface area contributed by atoms with Crippen LogP contribution < -0.4 is 5.56 Å². The van der Waals surface area contributed by atoms with E-state index in [0.29, 0.717) is 10.9 Å². The first kappa shape index (κ1) is 10.1. The summed E-state index contributed by atoms with van der Waals surface area (Å²) in [5.74, 6) is -1.62. The van der Waals surface area contributed by atoms with E-state index in [0.717, 1.165) is 5.56 Å². The topological polar surface area (TPSA) is 83.0 Å². The van der Waals surface area contributed by atoms with Gasteiger partial charge in [0.1, 0.15) is 0 Å². The summed E-state index contributed by atoms with van der Waals surface area (Å²) in [6.45, 7) is 3.59. The number of H-pyrrole nitrogens is 1. The van der Waals surface area contributed by atoms with Crippen LogP contribution in [0.15, 0.2) is 29.6 Å². The van der Waals surface area contributed by atoms with Crippen LogP contribution in [-0.2, 0) is 0 Å². The molecule has 0 bridgehead atoms. The number of fused-ring (bicyclic) bond motifs is 1. The van der Waals surface area contributed by atoms with Gasteiger partial charge in [0, 0.05) is 0 Å². The van der Waals surface area contributed by atoms with E-state index in [1.165, 1.54) is 0 Å². The van der Waals surface area contributed by atoms with Crippen LogP contribution >= 0.6 is 0 Å². The number of nitrogens with zero attached hydrogens (tertiary/aromatic N) is 1. The van der Waals surface area contributed by atoms with Crippen molar-refractivity contribution in [1.82, 2.24) is 9.97 Å². The summed E-state index contributed by atoms with van der Waals surface area (Å²) in [7, 11) is 0. The predicted molar refractivity (Wildman–Crippen MR) is 59.4 cm³/mol. The molecule has 0 spiro atoms. The van der Waals surface area contributed by atoms with Crippen molar-refractivity contribution in [3.63, 3.8) is 0 Å². The van der Waals surface area contributed by atoms with Crippen molar-refractivity contribution in [2.45, 2.75) is 0 Å². The van der Waals surface area contributed by atoms with Crippen molar-refractivity contribution < 1.29 is 9.90 Å². The van der Waals surface area contributed by atoms with Crippen LogP contribution in [0.2, 0.25) is 0 Å². The first-order chi connectivity index (χ1) is 7.61. The van der Waals surface area contributed by atoms with Gasteiger partial charge in [-0.2, -0.15) is 0 Å². The van der Waals surface area contributed by atoms with Crippen LogP contribution in [-0.4, -0.2) is 21.0 Å². The molecule has 80 valence electrons. The third kappa shape index (κ3) is 1.58. The number of carboxylic acid groups (broad SMARTS) is 1. The average Bonchev–Trinajstić information content (AvgIpc) is 2.28. The van der Waals surface area contributed by atoms with Crippen molar-refractivity contribution in [3.8, 4) is 0 Å². The highest BCUT2D eigenvalue weighted by atomic mass is 16.4. The lowest BCUT2D eigenvalue weighted by Gasteiger charge is -1.99. The fourth-order valence-electron chi connectivity index (χ4n) is 1.38. The van der Waals surface area contributed by atoms with E-state index in [1.54, 1.807) is 24.3 Å². The van der Waals surface area contributed by atoms with E-state index in [2.05, 4.69) is 16.5 Å². The Bertz CT molecular complexity index is 643. The molecule has 0 amide bonds. The van der Waals surface area contributed by atoms with Gasteiger partial charge in [0.2, 0.25) is 5.82 Å². The Morgan fingerprint density at radius 2 is 2.25 bits per heavy atom. The summed E-state index contributed by atoms with van der Waals surface area (Å²) in [4.78, 5) is 28.3. The number of carbonyl (C=O) groups is 1. The van der Waals surface area contributed by atoms with Crippen molar-refractivity contribution in [2.24, 2.45) is 0 Å². The number of carboxylic acids is 1. The van der Waals surface area contributed by atoms with Gasteiger partial charge in [0.25, 0.3) is 5.56 Å². The second-order valence-electron chi connectivity index (χ2n) is 3.20. The largest absolute Gasteiger partial charge is 0.475 e. The van der Waals surface area contributed by atoms with E-state index in [4.69, 9.17) is 5.11 Å². The Morgan fingerprint density at radius 3 is 2.88 bits per heavy atom. The molecule has 0 unspecified atom stereocenters. The fraction of sp³-hybridized carbons (Fsp3) is 0. The molecule has 2 rings (SSSR count). The van der Waals surface area contributed by atoms with E-state index in [-0.39, 0.29) is 5.82 Å². The number of aromatic carboxylic acids is 1. The number of hydrogen-bond acceptors (Lipinski definition) is 3. The lowest BCUT2D eigenvalue weighted by atomic mass is 10.1. The molecule has 5 nitrogen and oxygen atoms in total. The maximum absolute atomic E-state index is 11.6. The van der Waals surface area contributed by atoms with Gasteiger partial charge in [0.15, 0.2) is 0 Å². The third-order valence-corrected chi connectivity index (χ3v) is 2.17. The second-order valence-corrected chi connectivity index (χ2v) is 3.20. The number of rotatable bonds is 2. The van der Waals surface area contributed by atoms with Crippen molar-refractivity contribution in [3.05, 3.63) is 46.5 Å². The number of nitrogens with one attached hydrogen (secondary N) is 1. The van der Waals surface area contributed by atoms with Crippen molar-refractivity contribution in [1.29, 1.82) is 0 Å². The Hall–Kier alpha value is -2.43. The van der Waals surface area contributed by atoms with Crippen LogP contribution in [0.3, 0.4) is 0 Å². The SMILES string of the molecule is C=Cc1ccc2nc(C(=O)O)[nH]c(=O)c2c1. The van der Waals surface area contributed by atoms with Crippen LogP contribution in [0.25, 0.3) is 17.0 Å². The van der Waals surface area contributed by atoms with Crippen LogP contribution in [0.1, 0.15) is 16.2 Å². The molecule has 0 radical (unpaired) electrons. The number of aromatic amines is 1. The molecule has 0 saturated heterocycles. The zero-order valence-electron chi connectivity index (χ0n) is 8.23. The fourth-order valence-corrected chi connectivity index (χ4v) is 1.38. The highest BCUT2D eigenvalue weighted by Gasteiger charge is 2.09. The number of hydrogen-bond donors (Lipinski definition) is 2. The second kappa shape index (κ2) is 3.62. The summed E-state index contributed by atoms with van der Waals surface area (Å²) in [5.41, 5.74) is 0.667. The molecule has 0 aliphatic heterocycles. The highest BCUT2D eigenvalue weighted by Crippen LogP contribution is 2.11. The van der Waals surface area contributed by atoms with Crippen LogP contribution in [0.4, 0.5) is 0 Å². The van der Waals surface area contributed by atoms with E-state index in [9.17, 15) is 9.59 Å². The van der Waals surface area contributed by atoms with Gasteiger partial charge < -0.3 is 10.1 Å². The Balaban J connectivity index is 2.81. The van der Waals surface area contributed by atoms with Gasteiger partial charge >= 0.3 is 5.97 Å².